The average Bonchev–Trinajstić information content (AvgIpc) is 2.92. The van der Waals surface area contributed by atoms with Crippen LogP contribution in [-0.4, -0.2) is 55.6 Å². The fraction of sp³-hybridized carbons (Fsp3) is 0.467. The van der Waals surface area contributed by atoms with E-state index < -0.39 is 0 Å². The monoisotopic (exact) mass is 300 g/mol. The quantitative estimate of drug-likeness (QED) is 0.808. The summed E-state index contributed by atoms with van der Waals surface area (Å²) < 4.78 is 1.74. The van der Waals surface area contributed by atoms with E-state index in [4.69, 9.17) is 0 Å². The lowest BCUT2D eigenvalue weighted by molar-refractivity contribution is -0.131. The third-order valence-electron chi connectivity index (χ3n) is 3.91. The minimum Gasteiger partial charge on any atom is -0.340 e. The Morgan fingerprint density at radius 3 is 3.05 bits per heavy atom. The molecule has 2 aromatic rings. The summed E-state index contributed by atoms with van der Waals surface area (Å²) in [5, 5.41) is 4.12. The van der Waals surface area contributed by atoms with E-state index in [0.29, 0.717) is 19.6 Å². The summed E-state index contributed by atoms with van der Waals surface area (Å²) >= 11 is 0. The topological polar surface area (TPSA) is 67.2 Å². The highest BCUT2D eigenvalue weighted by Gasteiger charge is 2.21. The smallest absolute Gasteiger partial charge is 0.236 e. The van der Waals surface area contributed by atoms with Crippen molar-refractivity contribution in [3.63, 3.8) is 0 Å². The van der Waals surface area contributed by atoms with Gasteiger partial charge in [0.1, 0.15) is 6.33 Å². The number of nitrogens with zero attached hydrogens (tertiary/aromatic N) is 6. The third kappa shape index (κ3) is 3.30. The minimum atomic E-state index is 0.112. The lowest BCUT2D eigenvalue weighted by atomic mass is 10.1. The summed E-state index contributed by atoms with van der Waals surface area (Å²) in [6.07, 6.45) is 8.06. The van der Waals surface area contributed by atoms with Crippen LogP contribution in [0.5, 0.6) is 0 Å². The van der Waals surface area contributed by atoms with Gasteiger partial charge in [-0.3, -0.25) is 14.4 Å². The van der Waals surface area contributed by atoms with Crippen LogP contribution >= 0.6 is 0 Å². The van der Waals surface area contributed by atoms with Gasteiger partial charge in [-0.15, -0.1) is 0 Å². The van der Waals surface area contributed by atoms with Crippen molar-refractivity contribution in [2.45, 2.75) is 19.5 Å². The Labute approximate surface area is 129 Å². The standard InChI is InChI=1S/C15H20N6O/c1-19(7-12-5-18-20(2)8-12)15(22)10-21-4-3-13-6-16-11-17-14(13)9-21/h5-6,8,11H,3-4,7,9-10H2,1-2H3. The maximum absolute atomic E-state index is 12.4. The number of amides is 1. The van der Waals surface area contributed by atoms with Gasteiger partial charge in [0, 0.05) is 51.7 Å². The van der Waals surface area contributed by atoms with Crippen molar-refractivity contribution in [2.75, 3.05) is 20.1 Å². The molecular weight excluding hydrogens is 280 g/mol. The summed E-state index contributed by atoms with van der Waals surface area (Å²) in [5.41, 5.74) is 3.26. The van der Waals surface area contributed by atoms with Gasteiger partial charge < -0.3 is 4.90 Å². The van der Waals surface area contributed by atoms with Gasteiger partial charge in [0.15, 0.2) is 0 Å². The summed E-state index contributed by atoms with van der Waals surface area (Å²) in [6.45, 7) is 2.58. The van der Waals surface area contributed by atoms with Crippen LogP contribution in [0.4, 0.5) is 0 Å². The van der Waals surface area contributed by atoms with E-state index in [1.54, 1.807) is 22.1 Å². The van der Waals surface area contributed by atoms with Crippen molar-refractivity contribution in [1.82, 2.24) is 29.5 Å². The Kier molecular flexibility index (Phi) is 4.15. The van der Waals surface area contributed by atoms with Gasteiger partial charge in [0.2, 0.25) is 5.91 Å². The zero-order valence-electron chi connectivity index (χ0n) is 12.9. The number of carbonyl (C=O) groups excluding carboxylic acids is 1. The van der Waals surface area contributed by atoms with E-state index in [1.807, 2.05) is 26.5 Å². The molecule has 0 unspecified atom stereocenters. The highest BCUT2D eigenvalue weighted by atomic mass is 16.2. The molecule has 3 rings (SSSR count). The molecule has 0 saturated carbocycles. The molecular formula is C15H20N6O. The van der Waals surface area contributed by atoms with Crippen molar-refractivity contribution < 1.29 is 4.79 Å². The summed E-state index contributed by atoms with van der Waals surface area (Å²) in [4.78, 5) is 24.6. The van der Waals surface area contributed by atoms with Crippen molar-refractivity contribution in [3.05, 3.63) is 41.7 Å². The van der Waals surface area contributed by atoms with Crippen LogP contribution in [0.15, 0.2) is 24.9 Å². The fourth-order valence-corrected chi connectivity index (χ4v) is 2.67. The number of aryl methyl sites for hydroxylation is 1. The van der Waals surface area contributed by atoms with Gasteiger partial charge >= 0.3 is 0 Å². The second kappa shape index (κ2) is 6.23. The van der Waals surface area contributed by atoms with E-state index in [9.17, 15) is 4.79 Å². The van der Waals surface area contributed by atoms with Crippen molar-refractivity contribution in [1.29, 1.82) is 0 Å². The third-order valence-corrected chi connectivity index (χ3v) is 3.91. The lowest BCUT2D eigenvalue weighted by Gasteiger charge is -2.28. The first kappa shape index (κ1) is 14.6. The molecule has 1 amide bonds. The molecule has 0 fully saturated rings. The summed E-state index contributed by atoms with van der Waals surface area (Å²) in [7, 11) is 3.70. The van der Waals surface area contributed by atoms with E-state index in [-0.39, 0.29) is 5.91 Å². The molecule has 1 aliphatic rings. The van der Waals surface area contributed by atoms with Crippen LogP contribution in [0.2, 0.25) is 0 Å². The first-order valence-electron chi connectivity index (χ1n) is 7.33. The summed E-state index contributed by atoms with van der Waals surface area (Å²) in [6, 6.07) is 0. The molecule has 0 atom stereocenters. The van der Waals surface area contributed by atoms with Crippen LogP contribution in [0, 0.1) is 0 Å². The largest absolute Gasteiger partial charge is 0.340 e. The number of aromatic nitrogens is 4. The number of hydrogen-bond donors (Lipinski definition) is 0. The predicted octanol–water partition coefficient (Wildman–Crippen LogP) is 0.227. The van der Waals surface area contributed by atoms with E-state index >= 15 is 0 Å². The number of fused-ring (bicyclic) bond motifs is 1. The highest BCUT2D eigenvalue weighted by molar-refractivity contribution is 5.78. The number of rotatable bonds is 4. The van der Waals surface area contributed by atoms with Crippen molar-refractivity contribution in [2.24, 2.45) is 7.05 Å². The Bertz CT molecular complexity index is 668. The van der Waals surface area contributed by atoms with Gasteiger partial charge in [-0.1, -0.05) is 0 Å². The number of carbonyl (C=O) groups is 1. The second-order valence-electron chi connectivity index (χ2n) is 5.73. The Balaban J connectivity index is 1.56. The predicted molar refractivity (Wildman–Crippen MR) is 80.7 cm³/mol. The zero-order valence-corrected chi connectivity index (χ0v) is 12.9. The fourth-order valence-electron chi connectivity index (χ4n) is 2.67. The van der Waals surface area contributed by atoms with E-state index in [2.05, 4.69) is 20.0 Å². The molecule has 0 saturated heterocycles. The van der Waals surface area contributed by atoms with Crippen molar-refractivity contribution >= 4 is 5.91 Å². The van der Waals surface area contributed by atoms with Crippen LogP contribution < -0.4 is 0 Å². The molecule has 0 N–H and O–H groups in total. The minimum absolute atomic E-state index is 0.112. The molecule has 22 heavy (non-hydrogen) atoms. The van der Waals surface area contributed by atoms with Gasteiger partial charge in [0.05, 0.1) is 18.4 Å². The Morgan fingerprint density at radius 1 is 1.41 bits per heavy atom. The average molecular weight is 300 g/mol. The normalized spacial score (nSPS) is 14.6. The van der Waals surface area contributed by atoms with Gasteiger partial charge in [-0.05, 0) is 12.0 Å². The Morgan fingerprint density at radius 2 is 2.27 bits per heavy atom. The van der Waals surface area contributed by atoms with Gasteiger partial charge in [-0.2, -0.15) is 5.10 Å². The lowest BCUT2D eigenvalue weighted by Crippen LogP contribution is -2.40. The summed E-state index contributed by atoms with van der Waals surface area (Å²) in [5.74, 6) is 0.112. The molecule has 0 radical (unpaired) electrons. The van der Waals surface area contributed by atoms with Gasteiger partial charge in [-0.25, -0.2) is 9.97 Å². The second-order valence-corrected chi connectivity index (χ2v) is 5.73. The molecule has 1 aliphatic heterocycles. The molecule has 7 heteroatoms. The van der Waals surface area contributed by atoms with Crippen LogP contribution in [0.1, 0.15) is 16.8 Å². The molecule has 3 heterocycles. The van der Waals surface area contributed by atoms with Crippen molar-refractivity contribution in [3.8, 4) is 0 Å². The van der Waals surface area contributed by atoms with E-state index in [1.165, 1.54) is 5.56 Å². The Hall–Kier alpha value is -2.28. The molecule has 0 aromatic carbocycles. The molecule has 7 nitrogen and oxygen atoms in total. The molecule has 116 valence electrons. The number of hydrogen-bond acceptors (Lipinski definition) is 5. The molecule has 2 aromatic heterocycles. The maximum atomic E-state index is 12.4. The van der Waals surface area contributed by atoms with Crippen LogP contribution in [0.3, 0.4) is 0 Å². The first-order valence-corrected chi connectivity index (χ1v) is 7.33. The van der Waals surface area contributed by atoms with Crippen LogP contribution in [0.25, 0.3) is 0 Å². The van der Waals surface area contributed by atoms with E-state index in [0.717, 1.165) is 24.2 Å². The van der Waals surface area contributed by atoms with Crippen LogP contribution in [-0.2, 0) is 31.4 Å². The zero-order chi connectivity index (χ0) is 15.5. The molecule has 0 bridgehead atoms. The highest BCUT2D eigenvalue weighted by Crippen LogP contribution is 2.15. The number of likely N-dealkylation sites (N-methyl/N-ethyl adjacent to an activating group) is 1. The molecule has 0 spiro atoms. The van der Waals surface area contributed by atoms with Gasteiger partial charge in [0.25, 0.3) is 0 Å². The molecule has 0 aliphatic carbocycles. The maximum Gasteiger partial charge on any atom is 0.236 e. The first-order chi connectivity index (χ1) is 10.6. The SMILES string of the molecule is CN(Cc1cnn(C)c1)C(=O)CN1CCc2cncnc2C1.